The largest absolute Gasteiger partial charge is 0.495 e. The van der Waals surface area contributed by atoms with Crippen LogP contribution in [0.1, 0.15) is 27.2 Å². The second kappa shape index (κ2) is 8.31. The molecule has 0 saturated carbocycles. The van der Waals surface area contributed by atoms with Gasteiger partial charge in [-0.05, 0) is 29.7 Å². The van der Waals surface area contributed by atoms with Gasteiger partial charge in [-0.25, -0.2) is 0 Å². The monoisotopic (exact) mass is 476 g/mol. The molecule has 0 atom stereocenters. The zero-order valence-electron chi connectivity index (χ0n) is 17.8. The molecule has 168 valence electrons. The summed E-state index contributed by atoms with van der Waals surface area (Å²) in [6.45, 7) is 2.54. The van der Waals surface area contributed by atoms with Crippen molar-refractivity contribution in [1.82, 2.24) is 9.88 Å². The minimum Gasteiger partial charge on any atom is -0.495 e. The zero-order valence-corrected chi connectivity index (χ0v) is 19.3. The molecule has 0 radical (unpaired) electrons. The SMILES string of the molecule is COc1cc2c(cc(C(=O)NC3(c4ccc(CC(=O)O)cc4C)COC3)n2C)c(Cl)c1Cl. The second-order valence-corrected chi connectivity index (χ2v) is 8.73. The number of amides is 1. The molecular weight excluding hydrogens is 455 g/mol. The number of nitrogens with one attached hydrogen (secondary N) is 1. The van der Waals surface area contributed by atoms with Crippen LogP contribution in [0, 0.1) is 6.92 Å². The topological polar surface area (TPSA) is 89.8 Å². The van der Waals surface area contributed by atoms with Crippen molar-refractivity contribution < 1.29 is 24.2 Å². The van der Waals surface area contributed by atoms with E-state index in [-0.39, 0.29) is 12.3 Å². The number of rotatable bonds is 6. The molecule has 3 aromatic rings. The van der Waals surface area contributed by atoms with E-state index in [4.69, 9.17) is 37.8 Å². The fourth-order valence-electron chi connectivity index (χ4n) is 4.18. The summed E-state index contributed by atoms with van der Waals surface area (Å²) in [5.74, 6) is -0.747. The van der Waals surface area contributed by atoms with Crippen LogP contribution in [0.3, 0.4) is 0 Å². The van der Waals surface area contributed by atoms with Crippen molar-refractivity contribution in [3.8, 4) is 5.75 Å². The van der Waals surface area contributed by atoms with E-state index in [1.807, 2.05) is 19.1 Å². The van der Waals surface area contributed by atoms with E-state index in [2.05, 4.69) is 5.32 Å². The lowest BCUT2D eigenvalue weighted by Crippen LogP contribution is -2.59. The number of carboxylic acids is 1. The molecule has 1 aliphatic rings. The Hall–Kier alpha value is -2.74. The van der Waals surface area contributed by atoms with Crippen LogP contribution in [-0.2, 0) is 28.5 Å². The van der Waals surface area contributed by atoms with Crippen LogP contribution in [0.4, 0.5) is 0 Å². The lowest BCUT2D eigenvalue weighted by molar-refractivity contribution is -0.136. The molecule has 1 fully saturated rings. The van der Waals surface area contributed by atoms with E-state index in [0.717, 1.165) is 16.6 Å². The third-order valence-electron chi connectivity index (χ3n) is 5.86. The van der Waals surface area contributed by atoms with Gasteiger partial charge >= 0.3 is 5.97 Å². The number of hydrogen-bond donors (Lipinski definition) is 2. The molecule has 1 aliphatic heterocycles. The van der Waals surface area contributed by atoms with Crippen LogP contribution in [-0.4, -0.2) is 41.9 Å². The average Bonchev–Trinajstić information content (AvgIpc) is 3.04. The number of nitrogens with zero attached hydrogens (tertiary/aromatic N) is 1. The fraction of sp³-hybridized carbons (Fsp3) is 0.304. The Bertz CT molecular complexity index is 1250. The summed E-state index contributed by atoms with van der Waals surface area (Å²) in [5.41, 5.74) is 2.93. The molecule has 2 N–H and O–H groups in total. The van der Waals surface area contributed by atoms with Crippen molar-refractivity contribution in [3.05, 3.63) is 62.8 Å². The predicted octanol–water partition coefficient (Wildman–Crippen LogP) is 4.08. The number of aryl methyl sites for hydroxylation is 2. The molecule has 4 rings (SSSR count). The molecule has 0 aliphatic carbocycles. The van der Waals surface area contributed by atoms with E-state index in [0.29, 0.717) is 45.7 Å². The number of aromatic nitrogens is 1. The number of carbonyl (C=O) groups is 2. The number of methoxy groups -OCH3 is 1. The molecule has 1 amide bonds. The maximum absolute atomic E-state index is 13.3. The minimum absolute atomic E-state index is 0.0559. The van der Waals surface area contributed by atoms with Crippen molar-refractivity contribution in [2.24, 2.45) is 7.05 Å². The molecule has 2 heterocycles. The summed E-state index contributed by atoms with van der Waals surface area (Å²) >= 11 is 12.7. The van der Waals surface area contributed by atoms with Gasteiger partial charge in [0.25, 0.3) is 5.91 Å². The summed E-state index contributed by atoms with van der Waals surface area (Å²) in [6.07, 6.45) is -0.0559. The maximum atomic E-state index is 13.3. The first-order valence-corrected chi connectivity index (χ1v) is 10.7. The molecule has 2 aromatic carbocycles. The van der Waals surface area contributed by atoms with E-state index < -0.39 is 11.5 Å². The van der Waals surface area contributed by atoms with Gasteiger partial charge in [-0.15, -0.1) is 0 Å². The second-order valence-electron chi connectivity index (χ2n) is 7.98. The highest BCUT2D eigenvalue weighted by Crippen LogP contribution is 2.40. The predicted molar refractivity (Wildman–Crippen MR) is 122 cm³/mol. The number of halogens is 2. The van der Waals surface area contributed by atoms with Gasteiger partial charge in [0.2, 0.25) is 0 Å². The molecule has 32 heavy (non-hydrogen) atoms. The number of aliphatic carboxylic acids is 1. The fourth-order valence-corrected chi connectivity index (χ4v) is 4.66. The standard InChI is InChI=1S/C23H22Cl2N2O5/c1-12-6-13(7-19(28)29)4-5-15(12)23(10-32-11-23)26-22(30)17-8-14-16(27(17)2)9-18(31-3)21(25)20(14)24/h4-6,8-9H,7,10-11H2,1-3H3,(H,26,30)(H,28,29). The Morgan fingerprint density at radius 3 is 2.50 bits per heavy atom. The zero-order chi connectivity index (χ0) is 23.2. The summed E-state index contributed by atoms with van der Waals surface area (Å²) in [7, 11) is 3.28. The molecular formula is C23H22Cl2N2O5. The number of carbonyl (C=O) groups excluding carboxylic acids is 1. The van der Waals surface area contributed by atoms with Gasteiger partial charge in [-0.2, -0.15) is 0 Å². The van der Waals surface area contributed by atoms with E-state index >= 15 is 0 Å². The van der Waals surface area contributed by atoms with Crippen molar-refractivity contribution in [2.45, 2.75) is 18.9 Å². The number of carboxylic acid groups (broad SMARTS) is 1. The van der Waals surface area contributed by atoms with Crippen molar-refractivity contribution in [2.75, 3.05) is 20.3 Å². The van der Waals surface area contributed by atoms with Crippen LogP contribution in [0.2, 0.25) is 10.0 Å². The van der Waals surface area contributed by atoms with Crippen LogP contribution >= 0.6 is 23.2 Å². The minimum atomic E-state index is -0.890. The van der Waals surface area contributed by atoms with Crippen LogP contribution in [0.5, 0.6) is 5.75 Å². The van der Waals surface area contributed by atoms with E-state index in [9.17, 15) is 9.59 Å². The van der Waals surface area contributed by atoms with Gasteiger partial charge in [-0.3, -0.25) is 9.59 Å². The summed E-state index contributed by atoms with van der Waals surface area (Å²) in [4.78, 5) is 24.3. The molecule has 7 nitrogen and oxygen atoms in total. The third-order valence-corrected chi connectivity index (χ3v) is 6.72. The van der Waals surface area contributed by atoms with Crippen LogP contribution < -0.4 is 10.1 Å². The summed E-state index contributed by atoms with van der Waals surface area (Å²) < 4.78 is 12.5. The van der Waals surface area contributed by atoms with Gasteiger partial charge in [0.1, 0.15) is 22.0 Å². The highest BCUT2D eigenvalue weighted by molar-refractivity contribution is 6.46. The Labute approximate surface area is 194 Å². The molecule has 1 aromatic heterocycles. The summed E-state index contributed by atoms with van der Waals surface area (Å²) in [5, 5.41) is 13.4. The van der Waals surface area contributed by atoms with E-state index in [1.54, 1.807) is 29.8 Å². The van der Waals surface area contributed by atoms with E-state index in [1.165, 1.54) is 7.11 Å². The summed E-state index contributed by atoms with van der Waals surface area (Å²) in [6, 6.07) is 8.91. The quantitative estimate of drug-likeness (QED) is 0.559. The Morgan fingerprint density at radius 2 is 1.94 bits per heavy atom. The number of hydrogen-bond acceptors (Lipinski definition) is 4. The van der Waals surface area contributed by atoms with Gasteiger partial charge in [0.15, 0.2) is 0 Å². The van der Waals surface area contributed by atoms with Crippen LogP contribution in [0.25, 0.3) is 10.9 Å². The molecule has 1 saturated heterocycles. The molecule has 0 unspecified atom stereocenters. The first-order chi connectivity index (χ1) is 15.2. The van der Waals surface area contributed by atoms with Crippen LogP contribution in [0.15, 0.2) is 30.3 Å². The normalized spacial score (nSPS) is 14.8. The van der Waals surface area contributed by atoms with Crippen molar-refractivity contribution in [3.63, 3.8) is 0 Å². The third kappa shape index (κ3) is 3.70. The van der Waals surface area contributed by atoms with Crippen molar-refractivity contribution >= 4 is 46.0 Å². The first kappa shape index (κ1) is 22.5. The Morgan fingerprint density at radius 1 is 1.22 bits per heavy atom. The highest BCUT2D eigenvalue weighted by Gasteiger charge is 2.43. The first-order valence-electron chi connectivity index (χ1n) is 9.90. The van der Waals surface area contributed by atoms with Gasteiger partial charge in [-0.1, -0.05) is 41.4 Å². The van der Waals surface area contributed by atoms with Gasteiger partial charge in [0.05, 0.1) is 37.3 Å². The molecule has 0 spiro atoms. The smallest absolute Gasteiger partial charge is 0.307 e. The number of fused-ring (bicyclic) bond motifs is 1. The highest BCUT2D eigenvalue weighted by atomic mass is 35.5. The van der Waals surface area contributed by atoms with Gasteiger partial charge in [0, 0.05) is 18.5 Å². The molecule has 9 heteroatoms. The Kier molecular flexibility index (Phi) is 5.83. The lowest BCUT2D eigenvalue weighted by Gasteiger charge is -2.43. The lowest BCUT2D eigenvalue weighted by atomic mass is 9.84. The Balaban J connectivity index is 1.68. The number of benzene rings is 2. The maximum Gasteiger partial charge on any atom is 0.307 e. The van der Waals surface area contributed by atoms with Crippen molar-refractivity contribution in [1.29, 1.82) is 0 Å². The van der Waals surface area contributed by atoms with Gasteiger partial charge < -0.3 is 24.5 Å². The number of ether oxygens (including phenoxy) is 2. The molecule has 0 bridgehead atoms. The average molecular weight is 477 g/mol.